The average molecular weight is 492 g/mol. The Morgan fingerprint density at radius 3 is 2.41 bits per heavy atom. The lowest BCUT2D eigenvalue weighted by atomic mass is 10.2. The van der Waals surface area contributed by atoms with Crippen molar-refractivity contribution < 1.29 is 31.8 Å². The highest BCUT2D eigenvalue weighted by atomic mass is 35.5. The highest BCUT2D eigenvalue weighted by molar-refractivity contribution is 7.99. The van der Waals surface area contributed by atoms with Gasteiger partial charge < -0.3 is 20.6 Å². The minimum absolute atomic E-state index is 0.0213. The van der Waals surface area contributed by atoms with Crippen LogP contribution in [0.3, 0.4) is 0 Å². The van der Waals surface area contributed by atoms with Crippen LogP contribution in [0, 0.1) is 0 Å². The van der Waals surface area contributed by atoms with Crippen molar-refractivity contribution in [2.45, 2.75) is 18.4 Å². The van der Waals surface area contributed by atoms with Gasteiger partial charge in [0, 0.05) is 11.3 Å². The number of carbonyl (C=O) groups is 1. The second-order valence-electron chi connectivity index (χ2n) is 5.94. The third-order valence-corrected chi connectivity index (χ3v) is 5.00. The summed E-state index contributed by atoms with van der Waals surface area (Å²) >= 11 is 6.84. The third kappa shape index (κ3) is 6.17. The number of nitrogen functional groups attached to an aromatic ring is 1. The Morgan fingerprint density at radius 1 is 1.09 bits per heavy atom. The molecule has 0 saturated heterocycles. The molecule has 3 aromatic rings. The first-order valence-electron chi connectivity index (χ1n) is 8.65. The molecule has 1 heterocycles. The van der Waals surface area contributed by atoms with Gasteiger partial charge in [-0.2, -0.15) is 17.6 Å². The highest BCUT2D eigenvalue weighted by Crippen LogP contribution is 2.29. The van der Waals surface area contributed by atoms with E-state index in [1.165, 1.54) is 42.5 Å². The number of benzene rings is 2. The number of nitrogens with two attached hydrogens (primary N) is 1. The minimum atomic E-state index is -3.02. The maximum Gasteiger partial charge on any atom is 0.387 e. The number of thioether (sulfide) groups is 1. The number of rotatable bonds is 9. The van der Waals surface area contributed by atoms with Crippen LogP contribution < -0.4 is 20.6 Å². The van der Waals surface area contributed by atoms with Crippen LogP contribution in [-0.2, 0) is 4.79 Å². The van der Waals surface area contributed by atoms with Crippen molar-refractivity contribution in [3.8, 4) is 22.9 Å². The summed E-state index contributed by atoms with van der Waals surface area (Å²) in [4.78, 5) is 12.2. The molecule has 0 aliphatic carbocycles. The van der Waals surface area contributed by atoms with E-state index in [0.717, 1.165) is 16.4 Å². The van der Waals surface area contributed by atoms with Gasteiger partial charge in [0.25, 0.3) is 0 Å². The van der Waals surface area contributed by atoms with Gasteiger partial charge in [-0.05, 0) is 42.5 Å². The smallest absolute Gasteiger partial charge is 0.387 e. The summed E-state index contributed by atoms with van der Waals surface area (Å²) in [5, 5.41) is 10.5. The van der Waals surface area contributed by atoms with Crippen molar-refractivity contribution in [3.63, 3.8) is 0 Å². The molecule has 0 saturated carbocycles. The molecule has 8 nitrogen and oxygen atoms in total. The summed E-state index contributed by atoms with van der Waals surface area (Å²) in [5.74, 6) is 5.44. The normalized spacial score (nSPS) is 11.1. The SMILES string of the molecule is Nn1c(SCC(=O)Nc2ccc(OC(F)F)c(Cl)c2)nnc1-c1ccc(OC(F)F)cc1. The number of hydrogen-bond donors (Lipinski definition) is 2. The summed E-state index contributed by atoms with van der Waals surface area (Å²) in [6.07, 6.45) is 0. The van der Waals surface area contributed by atoms with Crippen LogP contribution in [0.2, 0.25) is 5.02 Å². The third-order valence-electron chi connectivity index (χ3n) is 3.77. The molecule has 3 rings (SSSR count). The van der Waals surface area contributed by atoms with Crippen LogP contribution in [0.4, 0.5) is 23.2 Å². The van der Waals surface area contributed by atoms with E-state index in [1.807, 2.05) is 0 Å². The van der Waals surface area contributed by atoms with E-state index in [9.17, 15) is 22.4 Å². The molecule has 1 aromatic heterocycles. The van der Waals surface area contributed by atoms with Gasteiger partial charge in [-0.25, -0.2) is 4.68 Å². The van der Waals surface area contributed by atoms with E-state index in [1.54, 1.807) is 0 Å². The Balaban J connectivity index is 1.59. The monoisotopic (exact) mass is 491 g/mol. The van der Waals surface area contributed by atoms with Gasteiger partial charge in [0.2, 0.25) is 11.1 Å². The second kappa shape index (κ2) is 10.4. The molecule has 2 aromatic carbocycles. The first-order chi connectivity index (χ1) is 15.2. The van der Waals surface area contributed by atoms with Crippen molar-refractivity contribution >= 4 is 35.0 Å². The fraction of sp³-hybridized carbons (Fsp3) is 0.167. The zero-order valence-corrected chi connectivity index (χ0v) is 17.4. The van der Waals surface area contributed by atoms with Crippen LogP contribution in [0.5, 0.6) is 11.5 Å². The average Bonchev–Trinajstić information content (AvgIpc) is 3.09. The van der Waals surface area contributed by atoms with Crippen molar-refractivity contribution in [1.82, 2.24) is 14.9 Å². The van der Waals surface area contributed by atoms with E-state index in [-0.39, 0.29) is 38.9 Å². The molecule has 0 unspecified atom stereocenters. The molecule has 0 spiro atoms. The molecule has 0 radical (unpaired) electrons. The van der Waals surface area contributed by atoms with Gasteiger partial charge in [0.05, 0.1) is 10.8 Å². The van der Waals surface area contributed by atoms with Gasteiger partial charge in [-0.1, -0.05) is 23.4 Å². The van der Waals surface area contributed by atoms with E-state index >= 15 is 0 Å². The van der Waals surface area contributed by atoms with Crippen LogP contribution in [0.25, 0.3) is 11.4 Å². The second-order valence-corrected chi connectivity index (χ2v) is 7.29. The van der Waals surface area contributed by atoms with Crippen LogP contribution in [0.15, 0.2) is 47.6 Å². The number of nitrogens with zero attached hydrogens (tertiary/aromatic N) is 3. The minimum Gasteiger partial charge on any atom is -0.435 e. The zero-order chi connectivity index (χ0) is 23.3. The van der Waals surface area contributed by atoms with E-state index in [0.29, 0.717) is 5.56 Å². The fourth-order valence-corrected chi connectivity index (χ4v) is 3.34. The Hall–Kier alpha value is -3.19. The lowest BCUT2D eigenvalue weighted by molar-refractivity contribution is -0.113. The molecule has 170 valence electrons. The number of carbonyl (C=O) groups excluding carboxylic acids is 1. The number of alkyl halides is 4. The van der Waals surface area contributed by atoms with Gasteiger partial charge >= 0.3 is 13.2 Å². The summed E-state index contributed by atoms with van der Waals surface area (Å²) in [5.41, 5.74) is 0.780. The summed E-state index contributed by atoms with van der Waals surface area (Å²) < 4.78 is 58.7. The largest absolute Gasteiger partial charge is 0.435 e. The molecular formula is C18H14ClF4N5O3S. The van der Waals surface area contributed by atoms with Crippen molar-refractivity contribution in [2.75, 3.05) is 16.9 Å². The number of hydrogen-bond acceptors (Lipinski definition) is 7. The Labute approximate surface area is 187 Å². The predicted molar refractivity (Wildman–Crippen MR) is 110 cm³/mol. The van der Waals surface area contributed by atoms with E-state index < -0.39 is 19.1 Å². The number of aromatic nitrogens is 3. The molecule has 32 heavy (non-hydrogen) atoms. The summed E-state index contributed by atoms with van der Waals surface area (Å²) in [6.45, 7) is -5.96. The van der Waals surface area contributed by atoms with Crippen molar-refractivity contribution in [2.24, 2.45) is 0 Å². The lowest BCUT2D eigenvalue weighted by Crippen LogP contribution is -2.16. The Bertz CT molecular complexity index is 1080. The number of halogens is 5. The van der Waals surface area contributed by atoms with Gasteiger partial charge in [0.1, 0.15) is 11.5 Å². The molecule has 0 fully saturated rings. The molecule has 3 N–H and O–H groups in total. The first-order valence-corrected chi connectivity index (χ1v) is 10.0. The van der Waals surface area contributed by atoms with Crippen molar-refractivity contribution in [1.29, 1.82) is 0 Å². The fourth-order valence-electron chi connectivity index (χ4n) is 2.46. The molecule has 0 bridgehead atoms. The zero-order valence-electron chi connectivity index (χ0n) is 15.8. The highest BCUT2D eigenvalue weighted by Gasteiger charge is 2.15. The quantitative estimate of drug-likeness (QED) is 0.262. The van der Waals surface area contributed by atoms with Gasteiger partial charge in [-0.15, -0.1) is 10.2 Å². The lowest BCUT2D eigenvalue weighted by Gasteiger charge is -2.09. The number of amides is 1. The van der Waals surface area contributed by atoms with Crippen molar-refractivity contribution in [3.05, 3.63) is 47.5 Å². The Morgan fingerprint density at radius 2 is 1.78 bits per heavy atom. The molecular weight excluding hydrogens is 478 g/mol. The van der Waals surface area contributed by atoms with Gasteiger partial charge in [-0.3, -0.25) is 4.79 Å². The van der Waals surface area contributed by atoms with Crippen LogP contribution in [0.1, 0.15) is 0 Å². The summed E-state index contributed by atoms with van der Waals surface area (Å²) in [7, 11) is 0. The molecule has 0 atom stereocenters. The molecule has 0 aliphatic rings. The van der Waals surface area contributed by atoms with E-state index in [4.69, 9.17) is 17.4 Å². The number of ether oxygens (including phenoxy) is 2. The van der Waals surface area contributed by atoms with E-state index in [2.05, 4.69) is 25.0 Å². The Kier molecular flexibility index (Phi) is 7.64. The number of anilines is 1. The molecule has 1 amide bonds. The predicted octanol–water partition coefficient (Wildman–Crippen LogP) is 4.25. The first kappa shape index (κ1) is 23.5. The maximum absolute atomic E-state index is 12.3. The van der Waals surface area contributed by atoms with Crippen LogP contribution >= 0.6 is 23.4 Å². The summed E-state index contributed by atoms with van der Waals surface area (Å²) in [6, 6.07) is 9.47. The number of nitrogens with one attached hydrogen (secondary N) is 1. The molecule has 14 heteroatoms. The topological polar surface area (TPSA) is 104 Å². The van der Waals surface area contributed by atoms with Crippen LogP contribution in [-0.4, -0.2) is 39.8 Å². The van der Waals surface area contributed by atoms with Gasteiger partial charge in [0.15, 0.2) is 5.82 Å². The standard InChI is InChI=1S/C18H14ClF4N5O3S/c19-12-7-10(3-6-13(12)31-17(22)23)25-14(29)8-32-18-27-26-15(28(18)24)9-1-4-11(5-2-9)30-16(20)21/h1-7,16-17H,8,24H2,(H,25,29). The maximum atomic E-state index is 12.3. The molecule has 0 aliphatic heterocycles.